The highest BCUT2D eigenvalue weighted by atomic mass is 32.2. The summed E-state index contributed by atoms with van der Waals surface area (Å²) in [6.45, 7) is 1.90. The molecule has 1 saturated carbocycles. The lowest BCUT2D eigenvalue weighted by Gasteiger charge is -2.22. The van der Waals surface area contributed by atoms with Crippen LogP contribution < -0.4 is 5.32 Å². The van der Waals surface area contributed by atoms with Crippen molar-refractivity contribution in [3.63, 3.8) is 0 Å². The summed E-state index contributed by atoms with van der Waals surface area (Å²) < 4.78 is 1.90. The molecule has 0 bridgehead atoms. The van der Waals surface area contributed by atoms with Crippen molar-refractivity contribution in [1.29, 1.82) is 0 Å². The van der Waals surface area contributed by atoms with Crippen molar-refractivity contribution in [3.8, 4) is 0 Å². The maximum Gasteiger partial charge on any atom is 0.234 e. The van der Waals surface area contributed by atoms with E-state index in [0.29, 0.717) is 6.04 Å². The molecular weight excluding hydrogens is 382 g/mol. The lowest BCUT2D eigenvalue weighted by Crippen LogP contribution is -2.35. The van der Waals surface area contributed by atoms with Crippen LogP contribution >= 0.6 is 11.8 Å². The quantitative estimate of drug-likeness (QED) is 0.595. The Balaban J connectivity index is 1.49. The van der Waals surface area contributed by atoms with E-state index in [2.05, 4.69) is 20.8 Å². The molecule has 1 aromatic heterocycles. The van der Waals surface area contributed by atoms with Gasteiger partial charge in [-0.2, -0.15) is 0 Å². The second-order valence-corrected chi connectivity index (χ2v) is 8.68. The lowest BCUT2D eigenvalue weighted by molar-refractivity contribution is -0.120. The van der Waals surface area contributed by atoms with Crippen LogP contribution in [0.2, 0.25) is 0 Å². The fourth-order valence-corrected chi connectivity index (χ4v) is 4.63. The van der Waals surface area contributed by atoms with Gasteiger partial charge in [0.1, 0.15) is 0 Å². The number of hydrogen-bond donors (Lipinski definition) is 1. The summed E-state index contributed by atoms with van der Waals surface area (Å²) in [6, 6.07) is 20.2. The number of hydrogen-bond acceptors (Lipinski definition) is 5. The Morgan fingerprint density at radius 1 is 1.03 bits per heavy atom. The highest BCUT2D eigenvalue weighted by Gasteiger charge is 2.26. The number of amides is 1. The first-order chi connectivity index (χ1) is 14.2. The number of tetrazole rings is 1. The zero-order chi connectivity index (χ0) is 20.1. The van der Waals surface area contributed by atoms with Crippen LogP contribution in [-0.4, -0.2) is 31.4 Å². The van der Waals surface area contributed by atoms with Gasteiger partial charge in [0.05, 0.1) is 17.3 Å². The van der Waals surface area contributed by atoms with Gasteiger partial charge in [0.15, 0.2) is 0 Å². The van der Waals surface area contributed by atoms with Crippen molar-refractivity contribution < 1.29 is 4.79 Å². The first kappa shape index (κ1) is 19.6. The summed E-state index contributed by atoms with van der Waals surface area (Å²) in [4.78, 5) is 13.0. The molecule has 150 valence electrons. The van der Waals surface area contributed by atoms with Crippen LogP contribution in [0.3, 0.4) is 0 Å². The normalized spacial score (nSPS) is 15.5. The van der Waals surface area contributed by atoms with E-state index < -0.39 is 0 Å². The fourth-order valence-electron chi connectivity index (χ4n) is 3.76. The first-order valence-corrected chi connectivity index (χ1v) is 10.9. The molecule has 1 heterocycles. The molecule has 0 aliphatic heterocycles. The minimum atomic E-state index is -0.309. The van der Waals surface area contributed by atoms with Crippen molar-refractivity contribution in [3.05, 3.63) is 71.8 Å². The maximum atomic E-state index is 13.0. The van der Waals surface area contributed by atoms with E-state index >= 15 is 0 Å². The van der Waals surface area contributed by atoms with Gasteiger partial charge in [-0.15, -0.1) is 5.10 Å². The van der Waals surface area contributed by atoms with Crippen molar-refractivity contribution in [2.24, 2.45) is 0 Å². The number of thioether (sulfide) groups is 1. The molecule has 0 spiro atoms. The van der Waals surface area contributed by atoms with Crippen LogP contribution in [0.15, 0.2) is 65.8 Å². The van der Waals surface area contributed by atoms with Crippen LogP contribution in [-0.2, 0) is 4.79 Å². The Morgan fingerprint density at radius 3 is 2.21 bits per heavy atom. The average Bonchev–Trinajstić information content (AvgIpc) is 3.45. The molecule has 4 rings (SSSR count). The molecule has 1 fully saturated rings. The number of nitrogens with one attached hydrogen (secondary N) is 1. The van der Waals surface area contributed by atoms with Gasteiger partial charge in [0.25, 0.3) is 0 Å². The third-order valence-corrected chi connectivity index (χ3v) is 6.38. The summed E-state index contributed by atoms with van der Waals surface area (Å²) in [5.74, 6) is -0.0336. The summed E-state index contributed by atoms with van der Waals surface area (Å²) in [5, 5.41) is 15.8. The van der Waals surface area contributed by atoms with E-state index in [-0.39, 0.29) is 17.2 Å². The van der Waals surface area contributed by atoms with Crippen molar-refractivity contribution in [2.45, 2.75) is 55.1 Å². The Kier molecular flexibility index (Phi) is 6.24. The van der Waals surface area contributed by atoms with Gasteiger partial charge in [-0.3, -0.25) is 4.79 Å². The largest absolute Gasteiger partial charge is 0.344 e. The average molecular weight is 408 g/mol. The summed E-state index contributed by atoms with van der Waals surface area (Å²) >= 11 is 1.42. The third-order valence-electron chi connectivity index (χ3n) is 5.34. The molecule has 1 aliphatic carbocycles. The van der Waals surface area contributed by atoms with E-state index in [4.69, 9.17) is 0 Å². The molecule has 1 unspecified atom stereocenters. The molecule has 7 heteroatoms. The summed E-state index contributed by atoms with van der Waals surface area (Å²) in [7, 11) is 0. The van der Waals surface area contributed by atoms with Gasteiger partial charge in [-0.1, -0.05) is 85.3 Å². The first-order valence-electron chi connectivity index (χ1n) is 10.1. The molecule has 29 heavy (non-hydrogen) atoms. The smallest absolute Gasteiger partial charge is 0.234 e. The number of rotatable bonds is 7. The van der Waals surface area contributed by atoms with Crippen LogP contribution in [0.5, 0.6) is 0 Å². The van der Waals surface area contributed by atoms with Crippen molar-refractivity contribution in [2.75, 3.05) is 0 Å². The molecule has 1 amide bonds. The Bertz CT molecular complexity index is 885. The van der Waals surface area contributed by atoms with Gasteiger partial charge in [0.2, 0.25) is 11.1 Å². The van der Waals surface area contributed by atoms with Gasteiger partial charge < -0.3 is 5.32 Å². The molecule has 1 atom stereocenters. The minimum absolute atomic E-state index is 0.0336. The van der Waals surface area contributed by atoms with E-state index in [9.17, 15) is 4.79 Å². The standard InChI is InChI=1S/C22H25N5OS/c1-16(29-22-24-25-26-27(22)19-14-8-9-15-19)21(28)23-20(17-10-4-2-5-11-17)18-12-6-3-7-13-18/h2-7,10-13,16,19-20H,8-9,14-15H2,1H3,(H,23,28). The van der Waals surface area contributed by atoms with Crippen LogP contribution in [0, 0.1) is 0 Å². The number of carbonyl (C=O) groups is 1. The molecule has 6 nitrogen and oxygen atoms in total. The molecule has 0 saturated heterocycles. The maximum absolute atomic E-state index is 13.0. The molecule has 0 radical (unpaired) electrons. The predicted molar refractivity (Wildman–Crippen MR) is 114 cm³/mol. The zero-order valence-electron chi connectivity index (χ0n) is 16.4. The summed E-state index contributed by atoms with van der Waals surface area (Å²) in [5.41, 5.74) is 2.11. The van der Waals surface area contributed by atoms with E-state index in [1.165, 1.54) is 24.6 Å². The monoisotopic (exact) mass is 407 g/mol. The van der Waals surface area contributed by atoms with Crippen LogP contribution in [0.25, 0.3) is 0 Å². The zero-order valence-corrected chi connectivity index (χ0v) is 17.3. The number of nitrogens with zero attached hydrogens (tertiary/aromatic N) is 4. The highest BCUT2D eigenvalue weighted by molar-refractivity contribution is 8.00. The van der Waals surface area contributed by atoms with Gasteiger partial charge in [-0.25, -0.2) is 4.68 Å². The highest BCUT2D eigenvalue weighted by Crippen LogP contribution is 2.32. The van der Waals surface area contributed by atoms with E-state index in [1.54, 1.807) is 0 Å². The van der Waals surface area contributed by atoms with Gasteiger partial charge in [-0.05, 0) is 41.3 Å². The lowest BCUT2D eigenvalue weighted by atomic mass is 9.98. The topological polar surface area (TPSA) is 72.7 Å². The molecule has 2 aromatic carbocycles. The van der Waals surface area contributed by atoms with Crippen LogP contribution in [0.1, 0.15) is 55.8 Å². The molecule has 1 N–H and O–H groups in total. The second-order valence-electron chi connectivity index (χ2n) is 7.37. The fraction of sp³-hybridized carbons (Fsp3) is 0.364. The van der Waals surface area contributed by atoms with Crippen molar-refractivity contribution >= 4 is 17.7 Å². The number of benzene rings is 2. The molecule has 1 aliphatic rings. The van der Waals surface area contributed by atoms with E-state index in [0.717, 1.165) is 29.1 Å². The minimum Gasteiger partial charge on any atom is -0.344 e. The Hall–Kier alpha value is -2.67. The number of aromatic nitrogens is 4. The molecular formula is C22H25N5OS. The second kappa shape index (κ2) is 9.22. The Morgan fingerprint density at radius 2 is 1.62 bits per heavy atom. The van der Waals surface area contributed by atoms with E-state index in [1.807, 2.05) is 72.3 Å². The third kappa shape index (κ3) is 4.67. The SMILES string of the molecule is CC(Sc1nnnn1C1CCCC1)C(=O)NC(c1ccccc1)c1ccccc1. The van der Waals surface area contributed by atoms with Crippen molar-refractivity contribution in [1.82, 2.24) is 25.5 Å². The Labute approximate surface area is 175 Å². The van der Waals surface area contributed by atoms with Crippen LogP contribution in [0.4, 0.5) is 0 Å². The predicted octanol–water partition coefficient (Wildman–Crippen LogP) is 4.17. The van der Waals surface area contributed by atoms with Gasteiger partial charge >= 0.3 is 0 Å². The summed E-state index contributed by atoms with van der Waals surface area (Å²) in [6.07, 6.45) is 4.62. The van der Waals surface area contributed by atoms with Gasteiger partial charge in [0, 0.05) is 0 Å². The number of carbonyl (C=O) groups excluding carboxylic acids is 1. The molecule has 3 aromatic rings.